The fourth-order valence-electron chi connectivity index (χ4n) is 3.52. The van der Waals surface area contributed by atoms with Crippen molar-refractivity contribution in [2.75, 3.05) is 24.7 Å². The molecule has 4 nitrogen and oxygen atoms in total. The van der Waals surface area contributed by atoms with Crippen molar-refractivity contribution in [2.24, 2.45) is 0 Å². The molecule has 0 radical (unpaired) electrons. The summed E-state index contributed by atoms with van der Waals surface area (Å²) in [6, 6.07) is 2.39. The van der Waals surface area contributed by atoms with Crippen LogP contribution in [-0.4, -0.2) is 50.1 Å². The Balaban J connectivity index is 1.74. The number of hydrogen-bond donors (Lipinski definition) is 0. The molecule has 0 spiro atoms. The molecule has 0 saturated carbocycles. The van der Waals surface area contributed by atoms with Gasteiger partial charge in [-0.15, -0.1) is 11.3 Å². The summed E-state index contributed by atoms with van der Waals surface area (Å²) in [7, 11) is -2.85. The van der Waals surface area contributed by atoms with Crippen LogP contribution in [0.1, 0.15) is 34.6 Å². The van der Waals surface area contributed by atoms with E-state index in [1.54, 1.807) is 0 Å². The van der Waals surface area contributed by atoms with Gasteiger partial charge < -0.3 is 4.74 Å². The predicted octanol–water partition coefficient (Wildman–Crippen LogP) is 2.53. The van der Waals surface area contributed by atoms with E-state index >= 15 is 0 Å². The first kappa shape index (κ1) is 16.4. The highest BCUT2D eigenvalue weighted by Crippen LogP contribution is 2.27. The molecule has 1 aromatic rings. The van der Waals surface area contributed by atoms with E-state index in [0.717, 1.165) is 39.0 Å². The van der Waals surface area contributed by atoms with E-state index in [2.05, 4.69) is 24.8 Å². The Hall–Kier alpha value is -0.430. The number of nitrogens with zero attached hydrogens (tertiary/aromatic N) is 1. The number of ether oxygens (including phenoxy) is 1. The zero-order chi connectivity index (χ0) is 15.7. The molecule has 22 heavy (non-hydrogen) atoms. The Labute approximate surface area is 137 Å². The van der Waals surface area contributed by atoms with Crippen LogP contribution in [0.5, 0.6) is 0 Å². The lowest BCUT2D eigenvalue weighted by molar-refractivity contribution is 0.0574. The molecule has 2 aliphatic rings. The number of aryl methyl sites for hydroxylation is 2. The van der Waals surface area contributed by atoms with E-state index in [1.165, 1.54) is 15.3 Å². The molecule has 0 aromatic carbocycles. The quantitative estimate of drug-likeness (QED) is 0.824. The summed E-state index contributed by atoms with van der Waals surface area (Å²) in [4.78, 5) is 5.02. The van der Waals surface area contributed by atoms with Crippen LogP contribution in [0.15, 0.2) is 6.07 Å². The largest absolute Gasteiger partial charge is 0.377 e. The van der Waals surface area contributed by atoms with Gasteiger partial charge in [0.15, 0.2) is 9.84 Å². The highest BCUT2D eigenvalue weighted by atomic mass is 32.2. The minimum Gasteiger partial charge on any atom is -0.377 e. The molecule has 2 saturated heterocycles. The van der Waals surface area contributed by atoms with Gasteiger partial charge in [-0.05, 0) is 44.7 Å². The lowest BCUT2D eigenvalue weighted by atomic mass is 10.1. The lowest BCUT2D eigenvalue weighted by Crippen LogP contribution is -2.40. The second kappa shape index (κ2) is 6.59. The van der Waals surface area contributed by atoms with Gasteiger partial charge in [0.1, 0.15) is 0 Å². The summed E-state index contributed by atoms with van der Waals surface area (Å²) < 4.78 is 29.5. The summed E-state index contributed by atoms with van der Waals surface area (Å²) in [5.74, 6) is 0.642. The molecular weight excluding hydrogens is 318 g/mol. The van der Waals surface area contributed by atoms with Gasteiger partial charge in [-0.3, -0.25) is 4.90 Å². The van der Waals surface area contributed by atoms with Crippen LogP contribution in [-0.2, 0) is 21.1 Å². The van der Waals surface area contributed by atoms with Gasteiger partial charge in [-0.2, -0.15) is 0 Å². The van der Waals surface area contributed by atoms with E-state index in [1.807, 2.05) is 11.3 Å². The zero-order valence-corrected chi connectivity index (χ0v) is 15.0. The van der Waals surface area contributed by atoms with Gasteiger partial charge in [-0.25, -0.2) is 8.42 Å². The Kier molecular flexibility index (Phi) is 4.92. The summed E-state index contributed by atoms with van der Waals surface area (Å²) in [5, 5.41) is 0. The molecule has 0 unspecified atom stereocenters. The minimum absolute atomic E-state index is 0.147. The van der Waals surface area contributed by atoms with Crippen LogP contribution in [0.3, 0.4) is 0 Å². The third-order valence-corrected chi connectivity index (χ3v) is 7.46. The third-order valence-electron chi connectivity index (χ3n) is 4.70. The molecule has 6 heteroatoms. The fourth-order valence-corrected chi connectivity index (χ4v) is 6.22. The smallest absolute Gasteiger partial charge is 0.151 e. The number of rotatable bonds is 5. The maximum absolute atomic E-state index is 11.9. The average molecular weight is 344 g/mol. The van der Waals surface area contributed by atoms with Crippen molar-refractivity contribution >= 4 is 21.2 Å². The fraction of sp³-hybridized carbons (Fsp3) is 0.750. The molecular formula is C16H25NO3S2. The second-order valence-corrected chi connectivity index (χ2v) is 10.2. The first-order valence-corrected chi connectivity index (χ1v) is 10.7. The first-order chi connectivity index (χ1) is 10.4. The van der Waals surface area contributed by atoms with E-state index in [9.17, 15) is 8.42 Å². The molecule has 1 aromatic heterocycles. The average Bonchev–Trinajstić information content (AvgIpc) is 3.12. The number of sulfone groups is 1. The van der Waals surface area contributed by atoms with Crippen molar-refractivity contribution in [3.63, 3.8) is 0 Å². The van der Waals surface area contributed by atoms with Crippen LogP contribution < -0.4 is 0 Å². The Morgan fingerprint density at radius 3 is 2.73 bits per heavy atom. The molecule has 2 aliphatic heterocycles. The molecule has 3 rings (SSSR count). The van der Waals surface area contributed by atoms with Gasteiger partial charge in [0.05, 0.1) is 17.6 Å². The van der Waals surface area contributed by atoms with Crippen LogP contribution in [0.25, 0.3) is 0 Å². The summed E-state index contributed by atoms with van der Waals surface area (Å²) in [6.07, 6.45) is 3.25. The summed E-state index contributed by atoms with van der Waals surface area (Å²) in [5.41, 5.74) is 1.34. The van der Waals surface area contributed by atoms with Gasteiger partial charge in [-0.1, -0.05) is 0 Å². The van der Waals surface area contributed by atoms with Gasteiger partial charge in [0, 0.05) is 35.5 Å². The molecule has 2 atom stereocenters. The zero-order valence-electron chi connectivity index (χ0n) is 13.4. The highest BCUT2D eigenvalue weighted by Gasteiger charge is 2.34. The standard InChI is InChI=1S/C16H25NO3S2/c1-12-8-14(13(2)21-12)9-17(10-16-4-3-6-20-16)15-5-7-22(18,19)11-15/h8,15-16H,3-7,9-11H2,1-2H3/t15-,16-/m1/s1. The number of thiophene rings is 1. The molecule has 124 valence electrons. The van der Waals surface area contributed by atoms with Crippen molar-refractivity contribution in [3.8, 4) is 0 Å². The van der Waals surface area contributed by atoms with Crippen LogP contribution in [0.2, 0.25) is 0 Å². The Morgan fingerprint density at radius 1 is 1.36 bits per heavy atom. The van der Waals surface area contributed by atoms with Crippen LogP contribution in [0, 0.1) is 13.8 Å². The van der Waals surface area contributed by atoms with Crippen molar-refractivity contribution in [1.82, 2.24) is 4.90 Å². The molecule has 0 aliphatic carbocycles. The molecule has 0 N–H and O–H groups in total. The van der Waals surface area contributed by atoms with Crippen LogP contribution in [0.4, 0.5) is 0 Å². The van der Waals surface area contributed by atoms with Crippen LogP contribution >= 0.6 is 11.3 Å². The van der Waals surface area contributed by atoms with Crippen molar-refractivity contribution in [3.05, 3.63) is 21.4 Å². The maximum Gasteiger partial charge on any atom is 0.151 e. The predicted molar refractivity (Wildman–Crippen MR) is 90.2 cm³/mol. The first-order valence-electron chi connectivity index (χ1n) is 8.05. The monoisotopic (exact) mass is 343 g/mol. The molecule has 2 fully saturated rings. The lowest BCUT2D eigenvalue weighted by Gasteiger charge is -2.30. The van der Waals surface area contributed by atoms with Gasteiger partial charge >= 0.3 is 0 Å². The van der Waals surface area contributed by atoms with Crippen molar-refractivity contribution in [1.29, 1.82) is 0 Å². The van der Waals surface area contributed by atoms with Crippen molar-refractivity contribution in [2.45, 2.75) is 51.8 Å². The summed E-state index contributed by atoms with van der Waals surface area (Å²) in [6.45, 7) is 6.83. The molecule has 0 bridgehead atoms. The van der Waals surface area contributed by atoms with E-state index < -0.39 is 9.84 Å². The number of hydrogen-bond acceptors (Lipinski definition) is 5. The van der Waals surface area contributed by atoms with Crippen molar-refractivity contribution < 1.29 is 13.2 Å². The summed E-state index contributed by atoms with van der Waals surface area (Å²) >= 11 is 1.82. The third kappa shape index (κ3) is 3.91. The van der Waals surface area contributed by atoms with Gasteiger partial charge in [0.25, 0.3) is 0 Å². The van der Waals surface area contributed by atoms with Gasteiger partial charge in [0.2, 0.25) is 0 Å². The molecule has 0 amide bonds. The minimum atomic E-state index is -2.85. The highest BCUT2D eigenvalue weighted by molar-refractivity contribution is 7.91. The SMILES string of the molecule is Cc1cc(CN(C[C@H]2CCCO2)[C@@H]2CCS(=O)(=O)C2)c(C)s1. The Morgan fingerprint density at radius 2 is 2.18 bits per heavy atom. The van der Waals surface area contributed by atoms with E-state index in [-0.39, 0.29) is 12.1 Å². The maximum atomic E-state index is 11.9. The van der Waals surface area contributed by atoms with E-state index in [4.69, 9.17) is 4.74 Å². The normalized spacial score (nSPS) is 27.8. The Bertz CT molecular complexity index is 617. The topological polar surface area (TPSA) is 46.6 Å². The molecule has 3 heterocycles. The second-order valence-electron chi connectivity index (χ2n) is 6.56. The van der Waals surface area contributed by atoms with E-state index in [0.29, 0.717) is 11.5 Å².